The van der Waals surface area contributed by atoms with Crippen LogP contribution < -0.4 is 9.47 Å². The van der Waals surface area contributed by atoms with Gasteiger partial charge in [0, 0.05) is 6.07 Å². The zero-order valence-electron chi connectivity index (χ0n) is 11.9. The third-order valence-corrected chi connectivity index (χ3v) is 2.92. The Labute approximate surface area is 130 Å². The number of nitro groups is 1. The Balaban J connectivity index is 2.45. The standard InChI is InChI=1S/C15H11NO7/c1-22-12-7-10(14(17)18)11(16(20)21)8-13(12)23-15(19)9-5-3-2-4-6-9/h2-8H,1H3,(H,17,18). The highest BCUT2D eigenvalue weighted by molar-refractivity contribution is 5.95. The second-order valence-electron chi connectivity index (χ2n) is 4.34. The van der Waals surface area contributed by atoms with E-state index in [9.17, 15) is 19.7 Å². The number of rotatable bonds is 5. The molecule has 0 unspecified atom stereocenters. The Morgan fingerprint density at radius 1 is 1.13 bits per heavy atom. The van der Waals surface area contributed by atoms with E-state index in [0.717, 1.165) is 12.1 Å². The molecule has 0 saturated carbocycles. The van der Waals surface area contributed by atoms with E-state index in [1.54, 1.807) is 18.2 Å². The number of carboxylic acids is 1. The summed E-state index contributed by atoms with van der Waals surface area (Å²) >= 11 is 0. The molecule has 0 heterocycles. The van der Waals surface area contributed by atoms with E-state index in [4.69, 9.17) is 14.6 Å². The van der Waals surface area contributed by atoms with Gasteiger partial charge >= 0.3 is 11.9 Å². The predicted molar refractivity (Wildman–Crippen MR) is 78.0 cm³/mol. The van der Waals surface area contributed by atoms with Crippen molar-refractivity contribution in [2.45, 2.75) is 0 Å². The fourth-order valence-corrected chi connectivity index (χ4v) is 1.84. The monoisotopic (exact) mass is 317 g/mol. The van der Waals surface area contributed by atoms with Crippen molar-refractivity contribution in [2.24, 2.45) is 0 Å². The van der Waals surface area contributed by atoms with E-state index < -0.39 is 28.1 Å². The molecule has 2 aromatic rings. The Morgan fingerprint density at radius 3 is 2.30 bits per heavy atom. The van der Waals surface area contributed by atoms with Crippen LogP contribution in [-0.4, -0.2) is 29.1 Å². The van der Waals surface area contributed by atoms with E-state index in [2.05, 4.69) is 0 Å². The summed E-state index contributed by atoms with van der Waals surface area (Å²) in [4.78, 5) is 33.2. The van der Waals surface area contributed by atoms with E-state index in [1.807, 2.05) is 0 Å². The topological polar surface area (TPSA) is 116 Å². The fraction of sp³-hybridized carbons (Fsp3) is 0.0667. The summed E-state index contributed by atoms with van der Waals surface area (Å²) < 4.78 is 10.0. The number of aromatic carboxylic acids is 1. The average molecular weight is 317 g/mol. The first-order chi connectivity index (χ1) is 10.9. The maximum Gasteiger partial charge on any atom is 0.343 e. The van der Waals surface area contributed by atoms with Crippen molar-refractivity contribution in [2.75, 3.05) is 7.11 Å². The van der Waals surface area contributed by atoms with Gasteiger partial charge in [-0.15, -0.1) is 0 Å². The predicted octanol–water partition coefficient (Wildman–Crippen LogP) is 2.52. The lowest BCUT2D eigenvalue weighted by molar-refractivity contribution is -0.385. The summed E-state index contributed by atoms with van der Waals surface area (Å²) in [6, 6.07) is 9.78. The first-order valence-corrected chi connectivity index (χ1v) is 6.31. The van der Waals surface area contributed by atoms with Gasteiger partial charge in [-0.05, 0) is 12.1 Å². The van der Waals surface area contributed by atoms with Crippen LogP contribution in [0.25, 0.3) is 0 Å². The lowest BCUT2D eigenvalue weighted by Crippen LogP contribution is -2.11. The van der Waals surface area contributed by atoms with Crippen molar-refractivity contribution in [3.63, 3.8) is 0 Å². The molecule has 1 N–H and O–H groups in total. The van der Waals surface area contributed by atoms with Gasteiger partial charge in [-0.1, -0.05) is 18.2 Å². The molecule has 8 nitrogen and oxygen atoms in total. The molecule has 0 radical (unpaired) electrons. The van der Waals surface area contributed by atoms with E-state index >= 15 is 0 Å². The van der Waals surface area contributed by atoms with Crippen molar-refractivity contribution in [3.05, 3.63) is 63.7 Å². The third-order valence-electron chi connectivity index (χ3n) is 2.92. The second-order valence-corrected chi connectivity index (χ2v) is 4.34. The normalized spacial score (nSPS) is 9.96. The number of methoxy groups -OCH3 is 1. The number of nitrogens with zero attached hydrogens (tertiary/aromatic N) is 1. The molecule has 0 spiro atoms. The lowest BCUT2D eigenvalue weighted by Gasteiger charge is -2.10. The summed E-state index contributed by atoms with van der Waals surface area (Å²) in [7, 11) is 1.23. The van der Waals surface area contributed by atoms with Gasteiger partial charge in [0.05, 0.1) is 23.7 Å². The minimum absolute atomic E-state index is 0.0997. The van der Waals surface area contributed by atoms with Crippen LogP contribution in [0.15, 0.2) is 42.5 Å². The van der Waals surface area contributed by atoms with Crippen LogP contribution >= 0.6 is 0 Å². The van der Waals surface area contributed by atoms with Gasteiger partial charge in [-0.25, -0.2) is 9.59 Å². The van der Waals surface area contributed by atoms with Crippen LogP contribution in [0, 0.1) is 10.1 Å². The zero-order valence-corrected chi connectivity index (χ0v) is 11.9. The zero-order chi connectivity index (χ0) is 17.0. The number of carbonyl (C=O) groups is 2. The van der Waals surface area contributed by atoms with E-state index in [1.165, 1.54) is 19.2 Å². The molecule has 0 bridgehead atoms. The van der Waals surface area contributed by atoms with Crippen LogP contribution in [0.5, 0.6) is 11.5 Å². The molecular weight excluding hydrogens is 306 g/mol. The lowest BCUT2D eigenvalue weighted by atomic mass is 10.1. The van der Waals surface area contributed by atoms with Crippen LogP contribution in [0.3, 0.4) is 0 Å². The molecule has 2 aromatic carbocycles. The molecule has 0 aliphatic carbocycles. The smallest absolute Gasteiger partial charge is 0.343 e. The molecule has 0 amide bonds. The van der Waals surface area contributed by atoms with Gasteiger partial charge in [0.15, 0.2) is 11.5 Å². The Kier molecular flexibility index (Phi) is 4.55. The van der Waals surface area contributed by atoms with E-state index in [0.29, 0.717) is 0 Å². The Bertz CT molecular complexity index is 771. The molecule has 0 aromatic heterocycles. The van der Waals surface area contributed by atoms with E-state index in [-0.39, 0.29) is 17.1 Å². The number of ether oxygens (including phenoxy) is 2. The highest BCUT2D eigenvalue weighted by atomic mass is 16.6. The van der Waals surface area contributed by atoms with Crippen LogP contribution in [0.4, 0.5) is 5.69 Å². The number of nitro benzene ring substituents is 1. The van der Waals surface area contributed by atoms with Crippen molar-refractivity contribution in [1.29, 1.82) is 0 Å². The minimum Gasteiger partial charge on any atom is -0.493 e. The number of esters is 1. The summed E-state index contributed by atoms with van der Waals surface area (Å²) in [6.45, 7) is 0. The van der Waals surface area contributed by atoms with Gasteiger partial charge in [-0.3, -0.25) is 10.1 Å². The van der Waals surface area contributed by atoms with Crippen LogP contribution in [0.1, 0.15) is 20.7 Å². The largest absolute Gasteiger partial charge is 0.493 e. The quantitative estimate of drug-likeness (QED) is 0.390. The molecule has 0 fully saturated rings. The summed E-state index contributed by atoms with van der Waals surface area (Å²) in [6.07, 6.45) is 0. The molecule has 0 aliphatic rings. The molecule has 0 saturated heterocycles. The Morgan fingerprint density at radius 2 is 1.78 bits per heavy atom. The van der Waals surface area contributed by atoms with Crippen molar-refractivity contribution in [1.82, 2.24) is 0 Å². The first kappa shape index (κ1) is 16.0. The number of benzene rings is 2. The maximum atomic E-state index is 12.0. The molecule has 0 aliphatic heterocycles. The Hall–Kier alpha value is -3.42. The molecule has 2 rings (SSSR count). The number of carbonyl (C=O) groups excluding carboxylic acids is 1. The van der Waals surface area contributed by atoms with Crippen molar-refractivity contribution >= 4 is 17.6 Å². The molecule has 8 heteroatoms. The van der Waals surface area contributed by atoms with Crippen molar-refractivity contribution < 1.29 is 29.1 Å². The number of carboxylic acid groups (broad SMARTS) is 1. The van der Waals surface area contributed by atoms with Gasteiger partial charge in [0.25, 0.3) is 5.69 Å². The second kappa shape index (κ2) is 6.56. The van der Waals surface area contributed by atoms with Crippen molar-refractivity contribution in [3.8, 4) is 11.5 Å². The number of hydrogen-bond donors (Lipinski definition) is 1. The van der Waals surface area contributed by atoms with Crippen LogP contribution in [0.2, 0.25) is 0 Å². The first-order valence-electron chi connectivity index (χ1n) is 6.31. The van der Waals surface area contributed by atoms with Gasteiger partial charge < -0.3 is 14.6 Å². The van der Waals surface area contributed by atoms with Gasteiger partial charge in [0.2, 0.25) is 0 Å². The fourth-order valence-electron chi connectivity index (χ4n) is 1.84. The molecular formula is C15H11NO7. The SMILES string of the molecule is COc1cc(C(=O)O)c([N+](=O)[O-])cc1OC(=O)c1ccccc1. The third kappa shape index (κ3) is 3.43. The maximum absolute atomic E-state index is 12.0. The molecule has 0 atom stereocenters. The highest BCUT2D eigenvalue weighted by Gasteiger charge is 2.25. The molecule has 118 valence electrons. The van der Waals surface area contributed by atoms with Crippen LogP contribution in [-0.2, 0) is 0 Å². The summed E-state index contributed by atoms with van der Waals surface area (Å²) in [5.74, 6) is -2.58. The summed E-state index contributed by atoms with van der Waals surface area (Å²) in [5, 5.41) is 20.0. The number of hydrogen-bond acceptors (Lipinski definition) is 6. The average Bonchev–Trinajstić information content (AvgIpc) is 2.54. The highest BCUT2D eigenvalue weighted by Crippen LogP contribution is 2.35. The summed E-state index contributed by atoms with van der Waals surface area (Å²) in [5.41, 5.74) is -1.03. The van der Waals surface area contributed by atoms with Gasteiger partial charge in [-0.2, -0.15) is 0 Å². The minimum atomic E-state index is -1.49. The molecule has 23 heavy (non-hydrogen) atoms. The van der Waals surface area contributed by atoms with Gasteiger partial charge in [0.1, 0.15) is 5.56 Å².